The lowest BCUT2D eigenvalue weighted by Gasteiger charge is -2.26. The van der Waals surface area contributed by atoms with Gasteiger partial charge in [0.25, 0.3) is 0 Å². The van der Waals surface area contributed by atoms with E-state index in [1.54, 1.807) is 44.2 Å². The number of carbonyl (C=O) groups excluding carboxylic acids is 4. The van der Waals surface area contributed by atoms with E-state index in [2.05, 4.69) is 16.0 Å². The van der Waals surface area contributed by atoms with Gasteiger partial charge in [0.2, 0.25) is 23.6 Å². The van der Waals surface area contributed by atoms with Crippen LogP contribution in [0.25, 0.3) is 0 Å². The van der Waals surface area contributed by atoms with Gasteiger partial charge < -0.3 is 32.5 Å². The maximum atomic E-state index is 13.2. The lowest BCUT2D eigenvalue weighted by atomic mass is 10.0. The number of nitrogens with one attached hydrogen (secondary N) is 3. The molecule has 1 aromatic carbocycles. The largest absolute Gasteiger partial charge is 0.480 e. The van der Waals surface area contributed by atoms with Gasteiger partial charge in [-0.3, -0.25) is 19.2 Å². The van der Waals surface area contributed by atoms with E-state index in [4.69, 9.17) is 11.5 Å². The molecule has 1 rings (SSSR count). The molecule has 0 aliphatic rings. The Kier molecular flexibility index (Phi) is 13.6. The van der Waals surface area contributed by atoms with Gasteiger partial charge in [0, 0.05) is 12.8 Å². The molecule has 12 heteroatoms. The molecule has 0 radical (unpaired) electrons. The van der Waals surface area contributed by atoms with E-state index in [1.165, 1.54) is 11.8 Å². The second kappa shape index (κ2) is 15.8. The van der Waals surface area contributed by atoms with Gasteiger partial charge in [0.05, 0.1) is 6.04 Å². The summed E-state index contributed by atoms with van der Waals surface area (Å²) in [6, 6.07) is 4.63. The van der Waals surface area contributed by atoms with Crippen LogP contribution in [0.2, 0.25) is 0 Å². The summed E-state index contributed by atoms with van der Waals surface area (Å²) in [5.41, 5.74) is 11.8. The van der Waals surface area contributed by atoms with E-state index >= 15 is 0 Å². The number of primary amides is 1. The first-order valence-electron chi connectivity index (χ1n) is 11.7. The van der Waals surface area contributed by atoms with E-state index in [-0.39, 0.29) is 25.2 Å². The minimum Gasteiger partial charge on any atom is -0.480 e. The van der Waals surface area contributed by atoms with Crippen molar-refractivity contribution in [2.45, 2.75) is 63.7 Å². The Morgan fingerprint density at radius 1 is 0.889 bits per heavy atom. The van der Waals surface area contributed by atoms with Crippen molar-refractivity contribution in [3.05, 3.63) is 35.9 Å². The van der Waals surface area contributed by atoms with Crippen LogP contribution in [-0.4, -0.2) is 70.9 Å². The zero-order valence-electron chi connectivity index (χ0n) is 20.9. The summed E-state index contributed by atoms with van der Waals surface area (Å²) in [7, 11) is 0. The zero-order chi connectivity index (χ0) is 27.3. The Morgan fingerprint density at radius 3 is 1.97 bits per heavy atom. The standard InChI is InChI=1S/C24H37N5O6S/c1-14(2)20(26)23(33)27-16(11-12-36-3)21(31)29-18(13-15-7-5-4-6-8-15)22(32)28-17(24(34)35)9-10-19(25)30/h4-8,14,16-18,20H,9-13,26H2,1-3H3,(H2,25,30)(H,27,33)(H,28,32)(H,29,31)(H,34,35). The van der Waals surface area contributed by atoms with Crippen LogP contribution in [0.1, 0.15) is 38.7 Å². The number of thioether (sulfide) groups is 1. The van der Waals surface area contributed by atoms with Crippen LogP contribution < -0.4 is 27.4 Å². The highest BCUT2D eigenvalue weighted by atomic mass is 32.2. The van der Waals surface area contributed by atoms with Crippen LogP contribution in [-0.2, 0) is 30.4 Å². The van der Waals surface area contributed by atoms with E-state index in [1.807, 2.05) is 6.26 Å². The SMILES string of the molecule is CSCCC(NC(=O)C(N)C(C)C)C(=O)NC(Cc1ccccc1)C(=O)NC(CCC(N)=O)C(=O)O. The quantitative estimate of drug-likeness (QED) is 0.171. The average molecular weight is 524 g/mol. The average Bonchev–Trinajstić information content (AvgIpc) is 2.83. The van der Waals surface area contributed by atoms with Gasteiger partial charge in [-0.1, -0.05) is 44.2 Å². The molecule has 200 valence electrons. The molecule has 0 heterocycles. The molecule has 0 spiro atoms. The first kappa shape index (κ1) is 30.9. The summed E-state index contributed by atoms with van der Waals surface area (Å²) in [4.78, 5) is 61.5. The molecule has 4 unspecified atom stereocenters. The van der Waals surface area contributed by atoms with Crippen molar-refractivity contribution in [3.8, 4) is 0 Å². The maximum absolute atomic E-state index is 13.2. The second-order valence-electron chi connectivity index (χ2n) is 8.77. The molecule has 11 nitrogen and oxygen atoms in total. The number of carbonyl (C=O) groups is 5. The van der Waals surface area contributed by atoms with E-state index in [0.717, 1.165) is 5.56 Å². The number of hydrogen-bond acceptors (Lipinski definition) is 7. The molecule has 0 fully saturated rings. The van der Waals surface area contributed by atoms with Gasteiger partial charge in [-0.25, -0.2) is 4.79 Å². The smallest absolute Gasteiger partial charge is 0.326 e. The summed E-state index contributed by atoms with van der Waals surface area (Å²) in [5, 5.41) is 17.2. The fourth-order valence-corrected chi connectivity index (χ4v) is 3.69. The Labute approximate surface area is 215 Å². The summed E-state index contributed by atoms with van der Waals surface area (Å²) in [5.74, 6) is -3.41. The molecule has 0 saturated heterocycles. The number of amides is 4. The van der Waals surface area contributed by atoms with E-state index in [9.17, 15) is 29.1 Å². The van der Waals surface area contributed by atoms with Gasteiger partial charge in [0.1, 0.15) is 18.1 Å². The highest BCUT2D eigenvalue weighted by Crippen LogP contribution is 2.08. The molecule has 4 atom stereocenters. The lowest BCUT2D eigenvalue weighted by Crippen LogP contribution is -2.58. The number of hydrogen-bond donors (Lipinski definition) is 6. The van der Waals surface area contributed by atoms with Crippen molar-refractivity contribution in [2.75, 3.05) is 12.0 Å². The van der Waals surface area contributed by atoms with Gasteiger partial charge in [-0.2, -0.15) is 11.8 Å². The second-order valence-corrected chi connectivity index (χ2v) is 9.75. The molecular weight excluding hydrogens is 486 g/mol. The third kappa shape index (κ3) is 11.1. The van der Waals surface area contributed by atoms with Gasteiger partial charge in [-0.05, 0) is 36.3 Å². The van der Waals surface area contributed by atoms with Crippen LogP contribution in [0.3, 0.4) is 0 Å². The topological polar surface area (TPSA) is 194 Å². The third-order valence-electron chi connectivity index (χ3n) is 5.47. The van der Waals surface area contributed by atoms with Crippen molar-refractivity contribution in [1.82, 2.24) is 16.0 Å². The maximum Gasteiger partial charge on any atom is 0.326 e. The van der Waals surface area contributed by atoms with Gasteiger partial charge >= 0.3 is 5.97 Å². The van der Waals surface area contributed by atoms with Crippen LogP contribution in [0.4, 0.5) is 0 Å². The molecule has 1 aromatic rings. The summed E-state index contributed by atoms with van der Waals surface area (Å²) in [6.07, 6.45) is 1.82. The highest BCUT2D eigenvalue weighted by molar-refractivity contribution is 7.98. The Hall–Kier alpha value is -3.12. The first-order valence-corrected chi connectivity index (χ1v) is 13.1. The molecular formula is C24H37N5O6S. The molecule has 0 saturated carbocycles. The Balaban J connectivity index is 3.10. The van der Waals surface area contributed by atoms with Gasteiger partial charge in [0.15, 0.2) is 0 Å². The van der Waals surface area contributed by atoms with Crippen molar-refractivity contribution in [3.63, 3.8) is 0 Å². The normalized spacial score (nSPS) is 14.2. The van der Waals surface area contributed by atoms with Crippen molar-refractivity contribution >= 4 is 41.4 Å². The van der Waals surface area contributed by atoms with Crippen LogP contribution >= 0.6 is 11.8 Å². The van der Waals surface area contributed by atoms with Crippen LogP contribution in [0.5, 0.6) is 0 Å². The number of rotatable bonds is 16. The minimum atomic E-state index is -1.36. The third-order valence-corrected chi connectivity index (χ3v) is 6.12. The number of aliphatic carboxylic acids is 1. The predicted molar refractivity (Wildman–Crippen MR) is 138 cm³/mol. The monoisotopic (exact) mass is 523 g/mol. The molecule has 0 aliphatic carbocycles. The molecule has 4 amide bonds. The number of carboxylic acid groups (broad SMARTS) is 1. The van der Waals surface area contributed by atoms with Crippen molar-refractivity contribution in [2.24, 2.45) is 17.4 Å². The summed E-state index contributed by atoms with van der Waals surface area (Å²) in [6.45, 7) is 3.58. The first-order chi connectivity index (χ1) is 17.0. The molecule has 0 aliphatic heterocycles. The lowest BCUT2D eigenvalue weighted by molar-refractivity contribution is -0.142. The van der Waals surface area contributed by atoms with Gasteiger partial charge in [-0.15, -0.1) is 0 Å². The summed E-state index contributed by atoms with van der Waals surface area (Å²) < 4.78 is 0. The predicted octanol–water partition coefficient (Wildman–Crippen LogP) is -0.230. The van der Waals surface area contributed by atoms with Crippen LogP contribution in [0, 0.1) is 5.92 Å². The molecule has 0 bridgehead atoms. The van der Waals surface area contributed by atoms with E-state index in [0.29, 0.717) is 12.2 Å². The number of carboxylic acids is 1. The summed E-state index contributed by atoms with van der Waals surface area (Å²) >= 11 is 1.49. The fourth-order valence-electron chi connectivity index (χ4n) is 3.22. The molecule has 36 heavy (non-hydrogen) atoms. The van der Waals surface area contributed by atoms with Crippen molar-refractivity contribution in [1.29, 1.82) is 0 Å². The van der Waals surface area contributed by atoms with Crippen LogP contribution in [0.15, 0.2) is 30.3 Å². The van der Waals surface area contributed by atoms with Crippen molar-refractivity contribution < 1.29 is 29.1 Å². The molecule has 8 N–H and O–H groups in total. The fraction of sp³-hybridized carbons (Fsp3) is 0.542. The van der Waals surface area contributed by atoms with E-state index < -0.39 is 53.8 Å². The highest BCUT2D eigenvalue weighted by Gasteiger charge is 2.31. The molecule has 0 aromatic heterocycles. The Bertz CT molecular complexity index is 898. The Morgan fingerprint density at radius 2 is 1.44 bits per heavy atom. The number of nitrogens with two attached hydrogens (primary N) is 2. The number of benzene rings is 1. The minimum absolute atomic E-state index is 0.0786. The zero-order valence-corrected chi connectivity index (χ0v) is 21.7.